The molecule has 1 aliphatic rings. The van der Waals surface area contributed by atoms with Gasteiger partial charge in [0.05, 0.1) is 6.61 Å². The third kappa shape index (κ3) is 4.80. The van der Waals surface area contributed by atoms with Crippen LogP contribution in [0.15, 0.2) is 24.3 Å². The summed E-state index contributed by atoms with van der Waals surface area (Å²) in [4.78, 5) is 2.58. The first kappa shape index (κ1) is 15.3. The maximum atomic E-state index is 5.03. The zero-order chi connectivity index (χ0) is 14.4. The van der Waals surface area contributed by atoms with Crippen molar-refractivity contribution >= 4 is 5.69 Å². The minimum Gasteiger partial charge on any atom is -0.383 e. The predicted molar refractivity (Wildman–Crippen MR) is 85.2 cm³/mol. The first-order chi connectivity index (χ1) is 9.70. The van der Waals surface area contributed by atoms with Crippen LogP contribution < -0.4 is 10.2 Å². The SMILES string of the molecule is COCCNCc1ccc(N(CC(C)C)C2CC2)cc1. The van der Waals surface area contributed by atoms with Crippen molar-refractivity contribution in [2.45, 2.75) is 39.3 Å². The fraction of sp³-hybridized carbons (Fsp3) is 0.647. The highest BCUT2D eigenvalue weighted by atomic mass is 16.5. The molecule has 20 heavy (non-hydrogen) atoms. The van der Waals surface area contributed by atoms with Gasteiger partial charge in [0, 0.05) is 38.5 Å². The number of methoxy groups -OCH3 is 1. The highest BCUT2D eigenvalue weighted by Crippen LogP contribution is 2.32. The van der Waals surface area contributed by atoms with Crippen molar-refractivity contribution in [2.24, 2.45) is 5.92 Å². The Morgan fingerprint density at radius 1 is 1.25 bits per heavy atom. The van der Waals surface area contributed by atoms with Gasteiger partial charge in [0.25, 0.3) is 0 Å². The van der Waals surface area contributed by atoms with Crippen molar-refractivity contribution in [1.82, 2.24) is 5.32 Å². The van der Waals surface area contributed by atoms with Crippen molar-refractivity contribution in [3.8, 4) is 0 Å². The van der Waals surface area contributed by atoms with Gasteiger partial charge in [0.15, 0.2) is 0 Å². The molecule has 0 unspecified atom stereocenters. The number of benzene rings is 1. The molecule has 0 atom stereocenters. The van der Waals surface area contributed by atoms with Crippen molar-refractivity contribution < 1.29 is 4.74 Å². The van der Waals surface area contributed by atoms with Gasteiger partial charge in [-0.3, -0.25) is 0 Å². The highest BCUT2D eigenvalue weighted by Gasteiger charge is 2.29. The third-order valence-corrected chi connectivity index (χ3v) is 3.63. The second-order valence-corrected chi connectivity index (χ2v) is 6.11. The Bertz CT molecular complexity index is 384. The van der Waals surface area contributed by atoms with Crippen LogP contribution in [0.5, 0.6) is 0 Å². The fourth-order valence-corrected chi connectivity index (χ4v) is 2.46. The van der Waals surface area contributed by atoms with Gasteiger partial charge in [-0.1, -0.05) is 26.0 Å². The zero-order valence-electron chi connectivity index (χ0n) is 13.1. The maximum Gasteiger partial charge on any atom is 0.0587 e. The maximum absolute atomic E-state index is 5.03. The molecule has 0 amide bonds. The molecule has 0 bridgehead atoms. The fourth-order valence-electron chi connectivity index (χ4n) is 2.46. The monoisotopic (exact) mass is 276 g/mol. The molecule has 0 saturated heterocycles. The van der Waals surface area contributed by atoms with Crippen molar-refractivity contribution in [2.75, 3.05) is 31.7 Å². The molecule has 2 rings (SSSR count). The van der Waals surface area contributed by atoms with Crippen LogP contribution in [0, 0.1) is 5.92 Å². The number of hydrogen-bond acceptors (Lipinski definition) is 3. The number of anilines is 1. The molecule has 0 aromatic heterocycles. The van der Waals surface area contributed by atoms with Gasteiger partial charge in [-0.05, 0) is 36.5 Å². The van der Waals surface area contributed by atoms with Gasteiger partial charge in [0.2, 0.25) is 0 Å². The van der Waals surface area contributed by atoms with Crippen LogP contribution in [0.4, 0.5) is 5.69 Å². The van der Waals surface area contributed by atoms with E-state index in [-0.39, 0.29) is 0 Å². The molecule has 1 aromatic carbocycles. The van der Waals surface area contributed by atoms with E-state index >= 15 is 0 Å². The van der Waals surface area contributed by atoms with Crippen LogP contribution in [0.3, 0.4) is 0 Å². The Morgan fingerprint density at radius 3 is 2.50 bits per heavy atom. The zero-order valence-corrected chi connectivity index (χ0v) is 13.1. The quantitative estimate of drug-likeness (QED) is 0.702. The molecular weight excluding hydrogens is 248 g/mol. The summed E-state index contributed by atoms with van der Waals surface area (Å²) in [6.45, 7) is 8.34. The first-order valence-electron chi connectivity index (χ1n) is 7.76. The largest absolute Gasteiger partial charge is 0.383 e. The van der Waals surface area contributed by atoms with E-state index in [1.54, 1.807) is 7.11 Å². The molecular formula is C17H28N2O. The number of nitrogens with zero attached hydrogens (tertiary/aromatic N) is 1. The number of rotatable bonds is 9. The van der Waals surface area contributed by atoms with Gasteiger partial charge in [-0.2, -0.15) is 0 Å². The molecule has 3 heteroatoms. The van der Waals surface area contributed by atoms with E-state index in [1.807, 2.05) is 0 Å². The molecule has 0 spiro atoms. The Kier molecular flexibility index (Phi) is 5.86. The molecule has 1 aromatic rings. The Labute approximate surface area is 123 Å². The lowest BCUT2D eigenvalue weighted by Gasteiger charge is -2.27. The third-order valence-electron chi connectivity index (χ3n) is 3.63. The molecule has 112 valence electrons. The van der Waals surface area contributed by atoms with Crippen molar-refractivity contribution in [3.63, 3.8) is 0 Å². The second kappa shape index (κ2) is 7.65. The van der Waals surface area contributed by atoms with E-state index in [1.165, 1.54) is 24.1 Å². The summed E-state index contributed by atoms with van der Waals surface area (Å²) < 4.78 is 5.03. The van der Waals surface area contributed by atoms with E-state index in [0.29, 0.717) is 5.92 Å². The summed E-state index contributed by atoms with van der Waals surface area (Å²) in [6.07, 6.45) is 2.71. The van der Waals surface area contributed by atoms with E-state index < -0.39 is 0 Å². The summed E-state index contributed by atoms with van der Waals surface area (Å²) in [5.41, 5.74) is 2.71. The predicted octanol–water partition coefficient (Wildman–Crippen LogP) is 3.05. The van der Waals surface area contributed by atoms with Crippen molar-refractivity contribution in [3.05, 3.63) is 29.8 Å². The van der Waals surface area contributed by atoms with Crippen LogP contribution in [0.1, 0.15) is 32.3 Å². The Balaban J connectivity index is 1.88. The summed E-state index contributed by atoms with van der Waals surface area (Å²) in [5, 5.41) is 3.38. The van der Waals surface area contributed by atoms with Gasteiger partial charge in [-0.15, -0.1) is 0 Å². The van der Waals surface area contributed by atoms with Gasteiger partial charge < -0.3 is 15.0 Å². The van der Waals surface area contributed by atoms with Crippen molar-refractivity contribution in [1.29, 1.82) is 0 Å². The van der Waals surface area contributed by atoms with Gasteiger partial charge in [-0.25, -0.2) is 0 Å². The summed E-state index contributed by atoms with van der Waals surface area (Å²) in [7, 11) is 1.73. The standard InChI is InChI=1S/C17H28N2O/c1-14(2)13-19(17-8-9-17)16-6-4-15(5-7-16)12-18-10-11-20-3/h4-7,14,17-18H,8-13H2,1-3H3. The van der Waals surface area contributed by atoms with Crippen LogP contribution in [-0.4, -0.2) is 32.8 Å². The highest BCUT2D eigenvalue weighted by molar-refractivity contribution is 5.49. The average Bonchev–Trinajstić information content (AvgIpc) is 3.26. The molecule has 1 aliphatic carbocycles. The topological polar surface area (TPSA) is 24.5 Å². The lowest BCUT2D eigenvalue weighted by Crippen LogP contribution is -2.29. The van der Waals surface area contributed by atoms with Gasteiger partial charge >= 0.3 is 0 Å². The van der Waals surface area contributed by atoms with Crippen LogP contribution in [-0.2, 0) is 11.3 Å². The lowest BCUT2D eigenvalue weighted by atomic mass is 10.1. The summed E-state index contributed by atoms with van der Waals surface area (Å²) in [6, 6.07) is 9.81. The molecule has 1 N–H and O–H groups in total. The number of hydrogen-bond donors (Lipinski definition) is 1. The molecule has 0 radical (unpaired) electrons. The molecule has 0 aliphatic heterocycles. The van der Waals surface area contributed by atoms with Crippen LogP contribution >= 0.6 is 0 Å². The van der Waals surface area contributed by atoms with Crippen LogP contribution in [0.2, 0.25) is 0 Å². The molecule has 1 saturated carbocycles. The average molecular weight is 276 g/mol. The Hall–Kier alpha value is -1.06. The number of ether oxygens (including phenoxy) is 1. The van der Waals surface area contributed by atoms with E-state index in [0.717, 1.165) is 32.3 Å². The van der Waals surface area contributed by atoms with E-state index in [9.17, 15) is 0 Å². The molecule has 3 nitrogen and oxygen atoms in total. The van der Waals surface area contributed by atoms with E-state index in [2.05, 4.69) is 48.3 Å². The van der Waals surface area contributed by atoms with Gasteiger partial charge in [0.1, 0.15) is 0 Å². The van der Waals surface area contributed by atoms with E-state index in [4.69, 9.17) is 4.74 Å². The molecule has 0 heterocycles. The first-order valence-corrected chi connectivity index (χ1v) is 7.76. The summed E-state index contributed by atoms with van der Waals surface area (Å²) in [5.74, 6) is 0.714. The smallest absolute Gasteiger partial charge is 0.0587 e. The second-order valence-electron chi connectivity index (χ2n) is 6.11. The minimum absolute atomic E-state index is 0.714. The minimum atomic E-state index is 0.714. The molecule has 1 fully saturated rings. The number of nitrogens with one attached hydrogen (secondary N) is 1. The Morgan fingerprint density at radius 2 is 1.95 bits per heavy atom. The lowest BCUT2D eigenvalue weighted by molar-refractivity contribution is 0.199. The normalized spacial score (nSPS) is 14.8. The summed E-state index contributed by atoms with van der Waals surface area (Å²) >= 11 is 0. The van der Waals surface area contributed by atoms with Crippen LogP contribution in [0.25, 0.3) is 0 Å².